The minimum Gasteiger partial charge on any atom is -0.453 e. The van der Waals surface area contributed by atoms with Crippen LogP contribution < -0.4 is 15.9 Å². The van der Waals surface area contributed by atoms with E-state index in [0.717, 1.165) is 22.8 Å². The molecule has 0 unspecified atom stereocenters. The summed E-state index contributed by atoms with van der Waals surface area (Å²) in [6, 6.07) is 12.6. The normalized spacial score (nSPS) is 14.7. The maximum atomic E-state index is 12.7. The van der Waals surface area contributed by atoms with E-state index in [0.29, 0.717) is 35.6 Å². The van der Waals surface area contributed by atoms with Crippen LogP contribution in [-0.2, 0) is 6.42 Å². The number of nitrogens with two attached hydrogens (primary N) is 1. The van der Waals surface area contributed by atoms with Gasteiger partial charge >= 0.3 is 12.0 Å². The number of esters is 1. The molecule has 0 spiro atoms. The number of nitrogens with one attached hydrogen (secondary N) is 1. The average Bonchev–Trinajstić information content (AvgIpc) is 3.03. The van der Waals surface area contributed by atoms with Gasteiger partial charge in [0.1, 0.15) is 11.5 Å². The van der Waals surface area contributed by atoms with Crippen LogP contribution in [0.15, 0.2) is 52.0 Å². The lowest BCUT2D eigenvalue weighted by Crippen LogP contribution is -2.27. The molecule has 7 heteroatoms. The second kappa shape index (κ2) is 7.19. The monoisotopic (exact) mass is 377 g/mol. The molecule has 1 heterocycles. The Bertz CT molecular complexity index is 1110. The van der Waals surface area contributed by atoms with Gasteiger partial charge in [0.05, 0.1) is 5.71 Å². The van der Waals surface area contributed by atoms with Crippen LogP contribution in [0.4, 0.5) is 4.79 Å². The zero-order chi connectivity index (χ0) is 19.7. The summed E-state index contributed by atoms with van der Waals surface area (Å²) in [4.78, 5) is 23.7. The number of urea groups is 1. The molecule has 0 radical (unpaired) electrons. The maximum Gasteiger partial charge on any atom is 0.379 e. The Kier molecular flexibility index (Phi) is 4.57. The van der Waals surface area contributed by atoms with Gasteiger partial charge in [-0.15, -0.1) is 0 Å². The van der Waals surface area contributed by atoms with Crippen LogP contribution in [0, 0.1) is 6.92 Å². The minimum absolute atomic E-state index is 0.145. The van der Waals surface area contributed by atoms with Gasteiger partial charge in [-0.05, 0) is 42.7 Å². The average molecular weight is 377 g/mol. The first-order valence-corrected chi connectivity index (χ1v) is 8.98. The first-order valence-electron chi connectivity index (χ1n) is 8.98. The molecule has 3 N–H and O–H groups in total. The molecular formula is C21H19N3O4. The second-order valence-electron chi connectivity index (χ2n) is 6.64. The highest BCUT2D eigenvalue weighted by atomic mass is 16.5. The number of benzene rings is 2. The van der Waals surface area contributed by atoms with Gasteiger partial charge in [-0.1, -0.05) is 30.3 Å². The molecule has 1 aliphatic rings. The Morgan fingerprint density at radius 2 is 1.93 bits per heavy atom. The van der Waals surface area contributed by atoms with Crippen LogP contribution in [0.2, 0.25) is 0 Å². The number of carbonyl (C=O) groups excluding carboxylic acids is 2. The third kappa shape index (κ3) is 3.34. The number of carbonyl (C=O) groups is 2. The summed E-state index contributed by atoms with van der Waals surface area (Å²) >= 11 is 0. The van der Waals surface area contributed by atoms with E-state index in [4.69, 9.17) is 14.9 Å². The summed E-state index contributed by atoms with van der Waals surface area (Å²) in [5.74, 6) is 0.692. The predicted octanol–water partition coefficient (Wildman–Crippen LogP) is 3.67. The predicted molar refractivity (Wildman–Crippen MR) is 105 cm³/mol. The lowest BCUT2D eigenvalue weighted by Gasteiger charge is -2.12. The van der Waals surface area contributed by atoms with E-state index >= 15 is 0 Å². The molecule has 2 amide bonds. The highest BCUT2D eigenvalue weighted by Crippen LogP contribution is 2.31. The molecule has 3 aromatic rings. The van der Waals surface area contributed by atoms with E-state index in [9.17, 15) is 9.59 Å². The Morgan fingerprint density at radius 3 is 2.71 bits per heavy atom. The summed E-state index contributed by atoms with van der Waals surface area (Å²) in [5.41, 5.74) is 9.37. The minimum atomic E-state index is -0.739. The van der Waals surface area contributed by atoms with Gasteiger partial charge in [-0.3, -0.25) is 0 Å². The zero-order valence-electron chi connectivity index (χ0n) is 15.3. The lowest BCUT2D eigenvalue weighted by atomic mass is 9.93. The van der Waals surface area contributed by atoms with E-state index in [1.807, 2.05) is 36.4 Å². The Balaban J connectivity index is 1.63. The van der Waals surface area contributed by atoms with Gasteiger partial charge in [-0.25, -0.2) is 15.0 Å². The summed E-state index contributed by atoms with van der Waals surface area (Å²) in [7, 11) is 0. The number of furan rings is 1. The summed E-state index contributed by atoms with van der Waals surface area (Å²) in [6.45, 7) is 1.78. The van der Waals surface area contributed by atoms with E-state index in [-0.39, 0.29) is 5.76 Å². The van der Waals surface area contributed by atoms with E-state index in [1.165, 1.54) is 0 Å². The van der Waals surface area contributed by atoms with Crippen LogP contribution >= 0.6 is 0 Å². The third-order valence-electron chi connectivity index (χ3n) is 4.74. The molecule has 0 bridgehead atoms. The smallest absolute Gasteiger partial charge is 0.379 e. The number of ether oxygens (including phenoxy) is 1. The number of hydrogen-bond acceptors (Lipinski definition) is 5. The van der Waals surface area contributed by atoms with E-state index in [1.54, 1.807) is 13.0 Å². The highest BCUT2D eigenvalue weighted by molar-refractivity contribution is 6.06. The van der Waals surface area contributed by atoms with Gasteiger partial charge in [0, 0.05) is 17.5 Å². The van der Waals surface area contributed by atoms with Crippen LogP contribution in [0.5, 0.6) is 5.75 Å². The Labute approximate surface area is 161 Å². The van der Waals surface area contributed by atoms with Crippen molar-refractivity contribution in [1.82, 2.24) is 5.43 Å². The SMILES string of the molecule is Cc1c(C(=O)Oc2ccc3ccccc3c2)oc2c1/C(=N/NC(N)=O)CCC2. The van der Waals surface area contributed by atoms with Crippen molar-refractivity contribution < 1.29 is 18.7 Å². The number of aryl methyl sites for hydroxylation is 1. The highest BCUT2D eigenvalue weighted by Gasteiger charge is 2.29. The van der Waals surface area contributed by atoms with Crippen molar-refractivity contribution in [3.8, 4) is 5.75 Å². The van der Waals surface area contributed by atoms with E-state index < -0.39 is 12.0 Å². The molecular weight excluding hydrogens is 358 g/mol. The van der Waals surface area contributed by atoms with Gasteiger partial charge in [0.15, 0.2) is 0 Å². The molecule has 0 saturated carbocycles. The fourth-order valence-electron chi connectivity index (χ4n) is 3.48. The molecule has 0 atom stereocenters. The molecule has 0 aliphatic heterocycles. The molecule has 28 heavy (non-hydrogen) atoms. The van der Waals surface area contributed by atoms with Crippen molar-refractivity contribution in [3.05, 3.63) is 65.1 Å². The topological polar surface area (TPSA) is 107 Å². The molecule has 1 aliphatic carbocycles. The number of rotatable bonds is 3. The van der Waals surface area contributed by atoms with Crippen molar-refractivity contribution in [3.63, 3.8) is 0 Å². The van der Waals surface area contributed by atoms with Crippen molar-refractivity contribution in [2.75, 3.05) is 0 Å². The summed E-state index contributed by atoms with van der Waals surface area (Å²) in [5, 5.41) is 6.10. The summed E-state index contributed by atoms with van der Waals surface area (Å²) in [6.07, 6.45) is 2.15. The molecule has 4 rings (SSSR count). The quantitative estimate of drug-likeness (QED) is 0.412. The molecule has 142 valence electrons. The third-order valence-corrected chi connectivity index (χ3v) is 4.74. The number of hydrazone groups is 1. The van der Waals surface area contributed by atoms with Crippen LogP contribution in [0.1, 0.15) is 40.3 Å². The maximum absolute atomic E-state index is 12.7. The number of fused-ring (bicyclic) bond motifs is 2. The number of primary amides is 1. The number of hydrogen-bond donors (Lipinski definition) is 2. The van der Waals surface area contributed by atoms with Crippen LogP contribution in [-0.4, -0.2) is 17.7 Å². The standard InChI is InChI=1S/C21H19N3O4/c1-12-18-16(23-24-21(22)26)7-4-8-17(18)28-19(12)20(25)27-15-10-9-13-5-2-3-6-14(13)11-15/h2-3,5-6,9-11H,4,7-8H2,1H3,(H3,22,24,26)/b23-16+. The van der Waals surface area contributed by atoms with Crippen molar-refractivity contribution >= 4 is 28.5 Å². The molecule has 7 nitrogen and oxygen atoms in total. The fourth-order valence-corrected chi connectivity index (χ4v) is 3.48. The number of amides is 2. The van der Waals surface area contributed by atoms with Gasteiger partial charge in [-0.2, -0.15) is 5.10 Å². The van der Waals surface area contributed by atoms with Crippen LogP contribution in [0.3, 0.4) is 0 Å². The molecule has 1 aromatic heterocycles. The molecule has 0 fully saturated rings. The van der Waals surface area contributed by atoms with Gasteiger partial charge < -0.3 is 14.9 Å². The zero-order valence-corrected chi connectivity index (χ0v) is 15.3. The second-order valence-corrected chi connectivity index (χ2v) is 6.64. The van der Waals surface area contributed by atoms with Crippen LogP contribution in [0.25, 0.3) is 10.8 Å². The Hall–Kier alpha value is -3.61. The van der Waals surface area contributed by atoms with Gasteiger partial charge in [0.2, 0.25) is 5.76 Å². The van der Waals surface area contributed by atoms with Crippen molar-refractivity contribution in [1.29, 1.82) is 0 Å². The molecule has 2 aromatic carbocycles. The van der Waals surface area contributed by atoms with Crippen molar-refractivity contribution in [2.24, 2.45) is 10.8 Å². The van der Waals surface area contributed by atoms with Crippen molar-refractivity contribution in [2.45, 2.75) is 26.2 Å². The first-order chi connectivity index (χ1) is 13.5. The largest absolute Gasteiger partial charge is 0.453 e. The first kappa shape index (κ1) is 17.8. The molecule has 0 saturated heterocycles. The van der Waals surface area contributed by atoms with E-state index in [2.05, 4.69) is 10.5 Å². The summed E-state index contributed by atoms with van der Waals surface area (Å²) < 4.78 is 11.3. The van der Waals surface area contributed by atoms with Gasteiger partial charge in [0.25, 0.3) is 0 Å². The number of nitrogens with zero attached hydrogens (tertiary/aromatic N) is 1. The fraction of sp³-hybridized carbons (Fsp3) is 0.190. The lowest BCUT2D eigenvalue weighted by molar-refractivity contribution is 0.0698. The Morgan fingerprint density at radius 1 is 1.14 bits per heavy atom.